The first-order valence-electron chi connectivity index (χ1n) is 8.67. The molecule has 1 atom stereocenters. The van der Waals surface area contributed by atoms with Gasteiger partial charge in [-0.1, -0.05) is 44.2 Å². The standard InChI is InChI=1S/C19H30N2OS/c1-19(2,10-6-9-16-7-4-3-5-8-16)15-21-18(22)13-17-14-23-12-11-20-17/h3-5,7-8,17,20H,6,9-15H2,1-2H3,(H,21,22). The van der Waals surface area contributed by atoms with Crippen molar-refractivity contribution in [3.8, 4) is 0 Å². The summed E-state index contributed by atoms with van der Waals surface area (Å²) in [7, 11) is 0. The molecule has 3 nitrogen and oxygen atoms in total. The Morgan fingerprint density at radius 3 is 2.83 bits per heavy atom. The molecule has 0 aliphatic carbocycles. The summed E-state index contributed by atoms with van der Waals surface area (Å²) >= 11 is 1.94. The maximum absolute atomic E-state index is 12.1. The fourth-order valence-corrected chi connectivity index (χ4v) is 3.84. The summed E-state index contributed by atoms with van der Waals surface area (Å²) in [6.07, 6.45) is 4.00. The fraction of sp³-hybridized carbons (Fsp3) is 0.632. The topological polar surface area (TPSA) is 41.1 Å². The Morgan fingerprint density at radius 2 is 2.13 bits per heavy atom. The molecule has 0 bridgehead atoms. The normalized spacial score (nSPS) is 18.6. The van der Waals surface area contributed by atoms with E-state index in [1.807, 2.05) is 11.8 Å². The molecule has 0 saturated carbocycles. The first-order valence-corrected chi connectivity index (χ1v) is 9.82. The van der Waals surface area contributed by atoms with Gasteiger partial charge < -0.3 is 10.6 Å². The summed E-state index contributed by atoms with van der Waals surface area (Å²) in [6, 6.07) is 11.0. The molecule has 0 aromatic heterocycles. The van der Waals surface area contributed by atoms with E-state index in [4.69, 9.17) is 0 Å². The SMILES string of the molecule is CC(C)(CCCc1ccccc1)CNC(=O)CC1CSCCN1. The van der Waals surface area contributed by atoms with Gasteiger partial charge in [-0.15, -0.1) is 0 Å². The Hall–Kier alpha value is -1.000. The average Bonchev–Trinajstić information content (AvgIpc) is 2.55. The van der Waals surface area contributed by atoms with Crippen molar-refractivity contribution in [1.82, 2.24) is 10.6 Å². The van der Waals surface area contributed by atoms with Gasteiger partial charge in [0.15, 0.2) is 0 Å². The third-order valence-corrected chi connectivity index (χ3v) is 5.49. The van der Waals surface area contributed by atoms with Crippen LogP contribution in [-0.2, 0) is 11.2 Å². The van der Waals surface area contributed by atoms with Crippen LogP contribution in [0, 0.1) is 5.41 Å². The van der Waals surface area contributed by atoms with Crippen LogP contribution >= 0.6 is 11.8 Å². The lowest BCUT2D eigenvalue weighted by molar-refractivity contribution is -0.121. The Balaban J connectivity index is 1.63. The highest BCUT2D eigenvalue weighted by Gasteiger charge is 2.21. The van der Waals surface area contributed by atoms with Gasteiger partial charge in [-0.05, 0) is 30.2 Å². The quantitative estimate of drug-likeness (QED) is 0.767. The van der Waals surface area contributed by atoms with E-state index < -0.39 is 0 Å². The number of benzene rings is 1. The van der Waals surface area contributed by atoms with Crippen molar-refractivity contribution in [3.63, 3.8) is 0 Å². The molecular formula is C19H30N2OS. The van der Waals surface area contributed by atoms with Gasteiger partial charge in [-0.25, -0.2) is 0 Å². The molecule has 128 valence electrons. The number of amides is 1. The molecule has 1 saturated heterocycles. The summed E-state index contributed by atoms with van der Waals surface area (Å²) < 4.78 is 0. The highest BCUT2D eigenvalue weighted by molar-refractivity contribution is 7.99. The lowest BCUT2D eigenvalue weighted by Gasteiger charge is -2.26. The molecule has 1 unspecified atom stereocenters. The predicted octanol–water partition coefficient (Wildman–Crippen LogP) is 3.25. The molecule has 4 heteroatoms. The van der Waals surface area contributed by atoms with Crippen LogP contribution in [0.15, 0.2) is 30.3 Å². The minimum absolute atomic E-state index is 0.152. The van der Waals surface area contributed by atoms with Gasteiger partial charge in [-0.2, -0.15) is 11.8 Å². The van der Waals surface area contributed by atoms with E-state index in [2.05, 4.69) is 54.8 Å². The van der Waals surface area contributed by atoms with Gasteiger partial charge in [-0.3, -0.25) is 4.79 Å². The van der Waals surface area contributed by atoms with E-state index in [1.165, 1.54) is 5.56 Å². The van der Waals surface area contributed by atoms with Gasteiger partial charge >= 0.3 is 0 Å². The van der Waals surface area contributed by atoms with Gasteiger partial charge in [0, 0.05) is 37.1 Å². The number of thioether (sulfide) groups is 1. The maximum Gasteiger partial charge on any atom is 0.221 e. The number of carbonyl (C=O) groups is 1. The smallest absolute Gasteiger partial charge is 0.221 e. The molecule has 1 amide bonds. The van der Waals surface area contributed by atoms with Crippen LogP contribution in [0.3, 0.4) is 0 Å². The number of hydrogen-bond donors (Lipinski definition) is 2. The second-order valence-electron chi connectivity index (χ2n) is 7.21. The maximum atomic E-state index is 12.1. The van der Waals surface area contributed by atoms with Crippen molar-refractivity contribution in [2.24, 2.45) is 5.41 Å². The first-order chi connectivity index (χ1) is 11.1. The molecule has 1 aromatic carbocycles. The van der Waals surface area contributed by atoms with E-state index in [0.29, 0.717) is 12.5 Å². The largest absolute Gasteiger partial charge is 0.356 e. The molecule has 2 N–H and O–H groups in total. The summed E-state index contributed by atoms with van der Waals surface area (Å²) in [5.41, 5.74) is 1.55. The summed E-state index contributed by atoms with van der Waals surface area (Å²) in [5, 5.41) is 6.55. The van der Waals surface area contributed by atoms with Crippen LogP contribution in [-0.4, -0.2) is 36.5 Å². The lowest BCUT2D eigenvalue weighted by atomic mass is 9.86. The predicted molar refractivity (Wildman–Crippen MR) is 99.9 cm³/mol. The highest BCUT2D eigenvalue weighted by atomic mass is 32.2. The zero-order chi connectivity index (χ0) is 16.5. The Morgan fingerprint density at radius 1 is 1.35 bits per heavy atom. The number of rotatable bonds is 8. The summed E-state index contributed by atoms with van der Waals surface area (Å²) in [5.74, 6) is 2.39. The Kier molecular flexibility index (Phi) is 7.44. The van der Waals surface area contributed by atoms with E-state index in [9.17, 15) is 4.79 Å². The van der Waals surface area contributed by atoms with E-state index in [0.717, 1.165) is 43.9 Å². The monoisotopic (exact) mass is 334 g/mol. The number of aryl methyl sites for hydroxylation is 1. The Labute approximate surface area is 145 Å². The average molecular weight is 335 g/mol. The lowest BCUT2D eigenvalue weighted by Crippen LogP contribution is -2.42. The zero-order valence-corrected chi connectivity index (χ0v) is 15.3. The molecule has 1 aliphatic rings. The molecular weight excluding hydrogens is 304 g/mol. The van der Waals surface area contributed by atoms with Crippen molar-refractivity contribution in [2.75, 3.05) is 24.6 Å². The van der Waals surface area contributed by atoms with Crippen LogP contribution in [0.5, 0.6) is 0 Å². The van der Waals surface area contributed by atoms with E-state index in [1.54, 1.807) is 0 Å². The zero-order valence-electron chi connectivity index (χ0n) is 14.4. The van der Waals surface area contributed by atoms with Gasteiger partial charge in [0.05, 0.1) is 0 Å². The molecule has 0 spiro atoms. The van der Waals surface area contributed by atoms with Crippen LogP contribution < -0.4 is 10.6 Å². The van der Waals surface area contributed by atoms with Crippen molar-refractivity contribution in [1.29, 1.82) is 0 Å². The Bertz CT molecular complexity index is 470. The van der Waals surface area contributed by atoms with Gasteiger partial charge in [0.1, 0.15) is 0 Å². The van der Waals surface area contributed by atoms with Crippen LogP contribution in [0.1, 0.15) is 38.7 Å². The number of nitrogens with one attached hydrogen (secondary N) is 2. The molecule has 1 heterocycles. The molecule has 1 aliphatic heterocycles. The summed E-state index contributed by atoms with van der Waals surface area (Å²) in [6.45, 7) is 6.27. The van der Waals surface area contributed by atoms with Crippen LogP contribution in [0.25, 0.3) is 0 Å². The number of hydrogen-bond acceptors (Lipinski definition) is 3. The first kappa shape index (κ1) is 18.3. The van der Waals surface area contributed by atoms with Crippen molar-refractivity contribution in [2.45, 2.75) is 45.6 Å². The minimum Gasteiger partial charge on any atom is -0.356 e. The van der Waals surface area contributed by atoms with Crippen molar-refractivity contribution < 1.29 is 4.79 Å². The summed E-state index contributed by atoms with van der Waals surface area (Å²) in [4.78, 5) is 12.1. The molecule has 23 heavy (non-hydrogen) atoms. The highest BCUT2D eigenvalue weighted by Crippen LogP contribution is 2.22. The third-order valence-electron chi connectivity index (χ3n) is 4.36. The second-order valence-corrected chi connectivity index (χ2v) is 8.36. The van der Waals surface area contributed by atoms with E-state index in [-0.39, 0.29) is 11.3 Å². The fourth-order valence-electron chi connectivity index (χ4n) is 2.89. The van der Waals surface area contributed by atoms with Crippen molar-refractivity contribution in [3.05, 3.63) is 35.9 Å². The van der Waals surface area contributed by atoms with Crippen LogP contribution in [0.4, 0.5) is 0 Å². The van der Waals surface area contributed by atoms with E-state index >= 15 is 0 Å². The number of carbonyl (C=O) groups excluding carboxylic acids is 1. The van der Waals surface area contributed by atoms with Gasteiger partial charge in [0.2, 0.25) is 5.91 Å². The van der Waals surface area contributed by atoms with Crippen LogP contribution in [0.2, 0.25) is 0 Å². The second kappa shape index (κ2) is 9.33. The minimum atomic E-state index is 0.152. The third kappa shape index (κ3) is 7.40. The molecule has 1 aromatic rings. The van der Waals surface area contributed by atoms with Crippen molar-refractivity contribution >= 4 is 17.7 Å². The van der Waals surface area contributed by atoms with Gasteiger partial charge in [0.25, 0.3) is 0 Å². The molecule has 2 rings (SSSR count). The molecule has 1 fully saturated rings. The molecule has 0 radical (unpaired) electrons.